The quantitative estimate of drug-likeness (QED) is 0.826. The SMILES string of the molecule is Fc1cccc2c1CN(CCN1CCCCC1)CC2. The highest BCUT2D eigenvalue weighted by atomic mass is 19.1. The van der Waals surface area contributed by atoms with Crippen LogP contribution in [0.15, 0.2) is 18.2 Å². The Balaban J connectivity index is 1.55. The molecule has 0 N–H and O–H groups in total. The van der Waals surface area contributed by atoms with Gasteiger partial charge in [0.1, 0.15) is 5.82 Å². The summed E-state index contributed by atoms with van der Waals surface area (Å²) in [5.74, 6) is -0.0276. The smallest absolute Gasteiger partial charge is 0.127 e. The van der Waals surface area contributed by atoms with Crippen LogP contribution in [-0.4, -0.2) is 42.5 Å². The van der Waals surface area contributed by atoms with Gasteiger partial charge in [-0.2, -0.15) is 0 Å². The highest BCUT2D eigenvalue weighted by molar-refractivity contribution is 5.30. The molecular weight excluding hydrogens is 239 g/mol. The molecule has 2 aliphatic rings. The Hall–Kier alpha value is -0.930. The average Bonchev–Trinajstić information content (AvgIpc) is 2.47. The summed E-state index contributed by atoms with van der Waals surface area (Å²) < 4.78 is 13.8. The van der Waals surface area contributed by atoms with E-state index in [9.17, 15) is 4.39 Å². The molecule has 2 heterocycles. The van der Waals surface area contributed by atoms with Gasteiger partial charge < -0.3 is 4.90 Å². The second-order valence-electron chi connectivity index (χ2n) is 5.81. The number of benzene rings is 1. The highest BCUT2D eigenvalue weighted by Crippen LogP contribution is 2.21. The van der Waals surface area contributed by atoms with Crippen molar-refractivity contribution in [2.24, 2.45) is 0 Å². The predicted molar refractivity (Wildman–Crippen MR) is 75.7 cm³/mol. The minimum absolute atomic E-state index is 0.0276. The fourth-order valence-electron chi connectivity index (χ4n) is 3.25. The molecule has 0 saturated carbocycles. The molecule has 2 aliphatic heterocycles. The maximum Gasteiger partial charge on any atom is 0.127 e. The summed E-state index contributed by atoms with van der Waals surface area (Å²) in [6.45, 7) is 6.58. The second kappa shape index (κ2) is 6.02. The monoisotopic (exact) mass is 262 g/mol. The van der Waals surface area contributed by atoms with Crippen LogP contribution in [0.2, 0.25) is 0 Å². The van der Waals surface area contributed by atoms with Crippen molar-refractivity contribution in [2.45, 2.75) is 32.2 Å². The van der Waals surface area contributed by atoms with Gasteiger partial charge in [-0.15, -0.1) is 0 Å². The zero-order chi connectivity index (χ0) is 13.1. The Labute approximate surface area is 115 Å². The molecule has 3 heteroatoms. The van der Waals surface area contributed by atoms with Gasteiger partial charge in [-0.05, 0) is 44.0 Å². The van der Waals surface area contributed by atoms with Gasteiger partial charge in [0.15, 0.2) is 0 Å². The first-order valence-electron chi connectivity index (χ1n) is 7.54. The summed E-state index contributed by atoms with van der Waals surface area (Å²) in [6, 6.07) is 5.49. The number of hydrogen-bond donors (Lipinski definition) is 0. The third kappa shape index (κ3) is 3.15. The first kappa shape index (κ1) is 13.1. The van der Waals surface area contributed by atoms with E-state index in [4.69, 9.17) is 0 Å². The van der Waals surface area contributed by atoms with Crippen molar-refractivity contribution in [3.63, 3.8) is 0 Å². The third-order valence-electron chi connectivity index (χ3n) is 4.48. The molecule has 0 spiro atoms. The summed E-state index contributed by atoms with van der Waals surface area (Å²) in [5.41, 5.74) is 2.13. The molecule has 2 nitrogen and oxygen atoms in total. The molecule has 0 bridgehead atoms. The Morgan fingerprint density at radius 3 is 2.58 bits per heavy atom. The Bertz CT molecular complexity index is 427. The zero-order valence-corrected chi connectivity index (χ0v) is 11.6. The minimum Gasteiger partial charge on any atom is -0.302 e. The van der Waals surface area contributed by atoms with Crippen molar-refractivity contribution in [2.75, 3.05) is 32.7 Å². The second-order valence-corrected chi connectivity index (χ2v) is 5.81. The summed E-state index contributed by atoms with van der Waals surface area (Å²) in [4.78, 5) is 4.96. The van der Waals surface area contributed by atoms with Crippen LogP contribution >= 0.6 is 0 Å². The van der Waals surface area contributed by atoms with Crippen LogP contribution in [0.3, 0.4) is 0 Å². The van der Waals surface area contributed by atoms with Crippen molar-refractivity contribution < 1.29 is 4.39 Å². The van der Waals surface area contributed by atoms with Gasteiger partial charge in [0.2, 0.25) is 0 Å². The number of hydrogen-bond acceptors (Lipinski definition) is 2. The molecule has 0 unspecified atom stereocenters. The zero-order valence-electron chi connectivity index (χ0n) is 11.6. The van der Waals surface area contributed by atoms with Gasteiger partial charge in [-0.3, -0.25) is 4.90 Å². The standard InChI is InChI=1S/C16H23FN2/c17-16-6-4-5-14-7-10-19(13-15(14)16)12-11-18-8-2-1-3-9-18/h4-6H,1-3,7-13H2. The van der Waals surface area contributed by atoms with Crippen LogP contribution in [0.4, 0.5) is 4.39 Å². The molecular formula is C16H23FN2. The summed E-state index contributed by atoms with van der Waals surface area (Å²) in [6.07, 6.45) is 5.07. The Kier molecular flexibility index (Phi) is 4.14. The van der Waals surface area contributed by atoms with Gasteiger partial charge in [-0.1, -0.05) is 18.6 Å². The van der Waals surface area contributed by atoms with Crippen LogP contribution in [0.25, 0.3) is 0 Å². The molecule has 19 heavy (non-hydrogen) atoms. The van der Waals surface area contributed by atoms with E-state index in [1.54, 1.807) is 6.07 Å². The largest absolute Gasteiger partial charge is 0.302 e. The average molecular weight is 262 g/mol. The Morgan fingerprint density at radius 1 is 0.947 bits per heavy atom. The summed E-state index contributed by atoms with van der Waals surface area (Å²) in [5, 5.41) is 0. The number of nitrogens with zero attached hydrogens (tertiary/aromatic N) is 2. The topological polar surface area (TPSA) is 6.48 Å². The minimum atomic E-state index is -0.0276. The van der Waals surface area contributed by atoms with E-state index in [-0.39, 0.29) is 5.82 Å². The van der Waals surface area contributed by atoms with Crippen LogP contribution < -0.4 is 0 Å². The van der Waals surface area contributed by atoms with E-state index in [0.29, 0.717) is 0 Å². The fraction of sp³-hybridized carbons (Fsp3) is 0.625. The third-order valence-corrected chi connectivity index (χ3v) is 4.48. The van der Waals surface area contributed by atoms with E-state index < -0.39 is 0 Å². The number of rotatable bonds is 3. The highest BCUT2D eigenvalue weighted by Gasteiger charge is 2.19. The molecule has 0 radical (unpaired) electrons. The first-order valence-corrected chi connectivity index (χ1v) is 7.54. The lowest BCUT2D eigenvalue weighted by atomic mass is 9.99. The van der Waals surface area contributed by atoms with Gasteiger partial charge >= 0.3 is 0 Å². The fourth-order valence-corrected chi connectivity index (χ4v) is 3.25. The normalized spacial score (nSPS) is 21.3. The van der Waals surface area contributed by atoms with Crippen molar-refractivity contribution in [1.82, 2.24) is 9.80 Å². The lowest BCUT2D eigenvalue weighted by Crippen LogP contribution is -2.40. The molecule has 1 aromatic carbocycles. The molecule has 0 aromatic heterocycles. The van der Waals surface area contributed by atoms with Crippen LogP contribution in [0.5, 0.6) is 0 Å². The van der Waals surface area contributed by atoms with Crippen molar-refractivity contribution in [3.8, 4) is 0 Å². The van der Waals surface area contributed by atoms with E-state index in [1.165, 1.54) is 37.9 Å². The summed E-state index contributed by atoms with van der Waals surface area (Å²) in [7, 11) is 0. The van der Waals surface area contributed by atoms with E-state index in [2.05, 4.69) is 15.9 Å². The number of halogens is 1. The molecule has 104 valence electrons. The van der Waals surface area contributed by atoms with Gasteiger partial charge in [0.25, 0.3) is 0 Å². The van der Waals surface area contributed by atoms with Crippen molar-refractivity contribution in [1.29, 1.82) is 0 Å². The molecule has 1 aromatic rings. The van der Waals surface area contributed by atoms with Crippen LogP contribution in [0, 0.1) is 5.82 Å². The molecule has 0 atom stereocenters. The van der Waals surface area contributed by atoms with Crippen LogP contribution in [-0.2, 0) is 13.0 Å². The van der Waals surface area contributed by atoms with E-state index >= 15 is 0 Å². The van der Waals surface area contributed by atoms with Crippen LogP contribution in [0.1, 0.15) is 30.4 Å². The molecule has 1 fully saturated rings. The van der Waals surface area contributed by atoms with Crippen molar-refractivity contribution in [3.05, 3.63) is 35.1 Å². The van der Waals surface area contributed by atoms with Crippen molar-refractivity contribution >= 4 is 0 Å². The molecule has 0 amide bonds. The van der Waals surface area contributed by atoms with E-state index in [0.717, 1.165) is 38.2 Å². The Morgan fingerprint density at radius 2 is 1.74 bits per heavy atom. The number of likely N-dealkylation sites (tertiary alicyclic amines) is 1. The number of fused-ring (bicyclic) bond motifs is 1. The maximum absolute atomic E-state index is 13.8. The van der Waals surface area contributed by atoms with Gasteiger partial charge in [-0.25, -0.2) is 4.39 Å². The maximum atomic E-state index is 13.8. The molecule has 3 rings (SSSR count). The lowest BCUT2D eigenvalue weighted by molar-refractivity contribution is 0.172. The van der Waals surface area contributed by atoms with Gasteiger partial charge in [0.05, 0.1) is 0 Å². The first-order chi connectivity index (χ1) is 9.33. The molecule has 1 saturated heterocycles. The predicted octanol–water partition coefficient (Wildman–Crippen LogP) is 2.67. The van der Waals surface area contributed by atoms with E-state index in [1.807, 2.05) is 6.07 Å². The lowest BCUT2D eigenvalue weighted by Gasteiger charge is -2.32. The van der Waals surface area contributed by atoms with Gasteiger partial charge in [0, 0.05) is 31.7 Å². The summed E-state index contributed by atoms with van der Waals surface area (Å²) >= 11 is 0. The number of piperidine rings is 1. The molecule has 0 aliphatic carbocycles.